The summed E-state index contributed by atoms with van der Waals surface area (Å²) in [5, 5.41) is 0.272. The lowest BCUT2D eigenvalue weighted by Crippen LogP contribution is -2.41. The summed E-state index contributed by atoms with van der Waals surface area (Å²) in [6, 6.07) is 8.89. The lowest BCUT2D eigenvalue weighted by Gasteiger charge is -2.37. The zero-order valence-corrected chi connectivity index (χ0v) is 15.6. The van der Waals surface area contributed by atoms with E-state index in [2.05, 4.69) is 57.9 Å². The number of piperidine rings is 1. The number of para-hydroxylation sites is 1. The van der Waals surface area contributed by atoms with E-state index in [-0.39, 0.29) is 5.28 Å². The smallest absolute Gasteiger partial charge is 0.236 e. The van der Waals surface area contributed by atoms with Crippen LogP contribution in [0.25, 0.3) is 0 Å². The first-order valence-electron chi connectivity index (χ1n) is 9.15. The number of hydrogen-bond donors (Lipinski definition) is 0. The van der Waals surface area contributed by atoms with E-state index in [0.29, 0.717) is 17.9 Å². The summed E-state index contributed by atoms with van der Waals surface area (Å²) in [5.41, 5.74) is 2.52. The van der Waals surface area contributed by atoms with Gasteiger partial charge in [0, 0.05) is 24.8 Å². The minimum atomic E-state index is 0.272. The van der Waals surface area contributed by atoms with Crippen molar-refractivity contribution in [3.05, 3.63) is 35.1 Å². The summed E-state index contributed by atoms with van der Waals surface area (Å²) in [6.45, 7) is 6.43. The quantitative estimate of drug-likeness (QED) is 0.804. The second kappa shape index (κ2) is 6.79. The first-order chi connectivity index (χ1) is 12.1. The summed E-state index contributed by atoms with van der Waals surface area (Å²) in [4.78, 5) is 18.1. The van der Waals surface area contributed by atoms with Gasteiger partial charge in [-0.05, 0) is 61.8 Å². The molecule has 5 nitrogen and oxygen atoms in total. The number of halogens is 1. The molecular weight excluding hydrogens is 334 g/mol. The van der Waals surface area contributed by atoms with E-state index >= 15 is 0 Å². The average molecular weight is 358 g/mol. The molecule has 1 aromatic heterocycles. The number of benzene rings is 1. The van der Waals surface area contributed by atoms with Crippen LogP contribution >= 0.6 is 11.6 Å². The number of hydrogen-bond acceptors (Lipinski definition) is 5. The highest BCUT2D eigenvalue weighted by Crippen LogP contribution is 2.33. The molecule has 0 N–H and O–H groups in total. The average Bonchev–Trinajstić information content (AvgIpc) is 2.60. The number of fused-ring (bicyclic) bond motifs is 1. The molecule has 2 unspecified atom stereocenters. The molecule has 2 aliphatic heterocycles. The zero-order chi connectivity index (χ0) is 17.4. The molecule has 1 fully saturated rings. The lowest BCUT2D eigenvalue weighted by atomic mass is 9.94. The Balaban J connectivity index is 1.69. The van der Waals surface area contributed by atoms with Crippen LogP contribution in [0.2, 0.25) is 5.28 Å². The van der Waals surface area contributed by atoms with Crippen LogP contribution in [0.1, 0.15) is 38.7 Å². The topological polar surface area (TPSA) is 45.2 Å². The van der Waals surface area contributed by atoms with Crippen molar-refractivity contribution in [2.45, 2.75) is 45.6 Å². The van der Waals surface area contributed by atoms with Gasteiger partial charge in [-0.2, -0.15) is 15.0 Å². The number of nitrogens with zero attached hydrogens (tertiary/aromatic N) is 5. The van der Waals surface area contributed by atoms with Gasteiger partial charge in [0.05, 0.1) is 0 Å². The standard InChI is InChI=1S/C19H24ClN5/c1-13-9-11-24(14(2)12-13)18-21-17(20)22-19(23-18)25-10-5-7-15-6-3-4-8-16(15)25/h3-4,6,8,13-14H,5,7,9-12H2,1-2H3. The number of aryl methyl sites for hydroxylation is 1. The van der Waals surface area contributed by atoms with Crippen LogP contribution in [0.3, 0.4) is 0 Å². The minimum Gasteiger partial charge on any atom is -0.338 e. The number of anilines is 3. The summed E-state index contributed by atoms with van der Waals surface area (Å²) in [7, 11) is 0. The highest BCUT2D eigenvalue weighted by Gasteiger charge is 2.27. The van der Waals surface area contributed by atoms with Crippen LogP contribution in [-0.2, 0) is 6.42 Å². The van der Waals surface area contributed by atoms with Crippen molar-refractivity contribution in [2.24, 2.45) is 5.92 Å². The molecule has 2 aliphatic rings. The molecule has 25 heavy (non-hydrogen) atoms. The molecule has 0 amide bonds. The predicted molar refractivity (Wildman–Crippen MR) is 102 cm³/mol. The largest absolute Gasteiger partial charge is 0.338 e. The monoisotopic (exact) mass is 357 g/mol. The third kappa shape index (κ3) is 3.30. The molecule has 0 aliphatic carbocycles. The SMILES string of the molecule is CC1CCN(c2nc(Cl)nc(N3CCCc4ccccc43)n2)C(C)C1. The zero-order valence-electron chi connectivity index (χ0n) is 14.8. The van der Waals surface area contributed by atoms with Crippen molar-refractivity contribution < 1.29 is 0 Å². The molecule has 0 radical (unpaired) electrons. The summed E-state index contributed by atoms with van der Waals surface area (Å²) in [6.07, 6.45) is 4.51. The first-order valence-corrected chi connectivity index (χ1v) is 9.53. The van der Waals surface area contributed by atoms with Crippen molar-refractivity contribution in [1.29, 1.82) is 0 Å². The molecule has 2 aromatic rings. The van der Waals surface area contributed by atoms with Gasteiger partial charge in [-0.1, -0.05) is 25.1 Å². The van der Waals surface area contributed by atoms with Crippen molar-refractivity contribution in [3.8, 4) is 0 Å². The van der Waals surface area contributed by atoms with Crippen molar-refractivity contribution >= 4 is 29.2 Å². The van der Waals surface area contributed by atoms with Crippen LogP contribution in [0, 0.1) is 5.92 Å². The maximum atomic E-state index is 6.28. The molecule has 3 heterocycles. The van der Waals surface area contributed by atoms with Crippen molar-refractivity contribution in [1.82, 2.24) is 15.0 Å². The maximum Gasteiger partial charge on any atom is 0.236 e. The molecule has 0 spiro atoms. The normalized spacial score (nSPS) is 23.5. The summed E-state index contributed by atoms with van der Waals surface area (Å²) < 4.78 is 0. The van der Waals surface area contributed by atoms with E-state index in [4.69, 9.17) is 16.6 Å². The fourth-order valence-corrected chi connectivity index (χ4v) is 4.18. The molecule has 4 rings (SSSR count). The Bertz CT molecular complexity index is 765. The lowest BCUT2D eigenvalue weighted by molar-refractivity contribution is 0.373. The van der Waals surface area contributed by atoms with Gasteiger partial charge in [0.1, 0.15) is 0 Å². The Morgan fingerprint density at radius 1 is 1.04 bits per heavy atom. The Hall–Kier alpha value is -1.88. The van der Waals surface area contributed by atoms with E-state index in [9.17, 15) is 0 Å². The number of aromatic nitrogens is 3. The maximum absolute atomic E-state index is 6.28. The third-order valence-corrected chi connectivity index (χ3v) is 5.50. The Kier molecular flexibility index (Phi) is 4.50. The van der Waals surface area contributed by atoms with Crippen molar-refractivity contribution in [3.63, 3.8) is 0 Å². The molecular formula is C19H24ClN5. The van der Waals surface area contributed by atoms with Crippen LogP contribution < -0.4 is 9.80 Å². The molecule has 132 valence electrons. The molecule has 0 saturated carbocycles. The van der Waals surface area contributed by atoms with E-state index < -0.39 is 0 Å². The minimum absolute atomic E-state index is 0.272. The van der Waals surface area contributed by atoms with Crippen molar-refractivity contribution in [2.75, 3.05) is 22.9 Å². The Labute approximate surface area is 154 Å². The van der Waals surface area contributed by atoms with Gasteiger partial charge >= 0.3 is 0 Å². The van der Waals surface area contributed by atoms with Gasteiger partial charge in [-0.3, -0.25) is 0 Å². The van der Waals surface area contributed by atoms with E-state index in [1.54, 1.807) is 0 Å². The fourth-order valence-electron chi connectivity index (χ4n) is 4.02. The number of rotatable bonds is 2. The van der Waals surface area contributed by atoms with E-state index in [1.807, 2.05) is 0 Å². The Morgan fingerprint density at radius 3 is 2.68 bits per heavy atom. The van der Waals surface area contributed by atoms with E-state index in [0.717, 1.165) is 44.7 Å². The van der Waals surface area contributed by atoms with Gasteiger partial charge in [0.2, 0.25) is 17.2 Å². The molecule has 1 saturated heterocycles. The first kappa shape index (κ1) is 16.6. The third-order valence-electron chi connectivity index (χ3n) is 5.33. The molecule has 2 atom stereocenters. The summed E-state index contributed by atoms with van der Waals surface area (Å²) >= 11 is 6.28. The van der Waals surface area contributed by atoms with E-state index in [1.165, 1.54) is 11.3 Å². The molecule has 1 aromatic carbocycles. The fraction of sp³-hybridized carbons (Fsp3) is 0.526. The van der Waals surface area contributed by atoms with Crippen LogP contribution in [0.15, 0.2) is 24.3 Å². The highest BCUT2D eigenvalue weighted by molar-refractivity contribution is 6.28. The van der Waals surface area contributed by atoms with Gasteiger partial charge < -0.3 is 9.80 Å². The van der Waals surface area contributed by atoms with Crippen LogP contribution in [0.5, 0.6) is 0 Å². The molecule has 0 bridgehead atoms. The van der Waals surface area contributed by atoms with Gasteiger partial charge in [0.25, 0.3) is 0 Å². The van der Waals surface area contributed by atoms with Gasteiger partial charge in [0.15, 0.2) is 0 Å². The van der Waals surface area contributed by atoms with Gasteiger partial charge in [-0.25, -0.2) is 0 Å². The Morgan fingerprint density at radius 2 is 1.84 bits per heavy atom. The predicted octanol–water partition coefficient (Wildman–Crippen LogP) is 4.23. The molecule has 6 heteroatoms. The van der Waals surface area contributed by atoms with Crippen LogP contribution in [-0.4, -0.2) is 34.1 Å². The van der Waals surface area contributed by atoms with Crippen LogP contribution in [0.4, 0.5) is 17.6 Å². The second-order valence-electron chi connectivity index (χ2n) is 7.26. The summed E-state index contributed by atoms with van der Waals surface area (Å²) in [5.74, 6) is 2.11. The van der Waals surface area contributed by atoms with Gasteiger partial charge in [-0.15, -0.1) is 0 Å². The second-order valence-corrected chi connectivity index (χ2v) is 7.60. The highest BCUT2D eigenvalue weighted by atomic mass is 35.5.